The Bertz CT molecular complexity index is 312. The highest BCUT2D eigenvalue weighted by Gasteiger charge is 2.21. The van der Waals surface area contributed by atoms with E-state index in [-0.39, 0.29) is 5.91 Å². The van der Waals surface area contributed by atoms with E-state index in [2.05, 4.69) is 24.8 Å². The predicted octanol–water partition coefficient (Wildman–Crippen LogP) is 1.46. The SMILES string of the molecule is O=C(CS)N1Cc2ccccc2C1. The molecule has 0 radical (unpaired) electrons. The van der Waals surface area contributed by atoms with Crippen molar-refractivity contribution < 1.29 is 4.79 Å². The number of nitrogens with zero attached hydrogens (tertiary/aromatic N) is 1. The van der Waals surface area contributed by atoms with Crippen LogP contribution in [-0.4, -0.2) is 16.6 Å². The molecular formula is C10H11NOS. The van der Waals surface area contributed by atoms with Crippen LogP contribution in [0.3, 0.4) is 0 Å². The van der Waals surface area contributed by atoms with Gasteiger partial charge in [0.25, 0.3) is 0 Å². The Morgan fingerprint density at radius 2 is 1.85 bits per heavy atom. The van der Waals surface area contributed by atoms with Gasteiger partial charge in [-0.3, -0.25) is 4.79 Å². The molecule has 0 aromatic heterocycles. The molecule has 1 aromatic rings. The molecule has 0 bridgehead atoms. The molecule has 0 unspecified atom stereocenters. The second kappa shape index (κ2) is 3.42. The highest BCUT2D eigenvalue weighted by molar-refractivity contribution is 7.81. The van der Waals surface area contributed by atoms with E-state index in [0.717, 1.165) is 13.1 Å². The third kappa shape index (κ3) is 1.56. The van der Waals surface area contributed by atoms with Gasteiger partial charge in [0.15, 0.2) is 0 Å². The molecule has 68 valence electrons. The number of fused-ring (bicyclic) bond motifs is 1. The standard InChI is InChI=1S/C10H11NOS/c12-10(7-13)11-5-8-3-1-2-4-9(8)6-11/h1-4,13H,5-7H2. The smallest absolute Gasteiger partial charge is 0.232 e. The Labute approximate surface area is 83.0 Å². The zero-order chi connectivity index (χ0) is 9.26. The van der Waals surface area contributed by atoms with E-state index in [1.165, 1.54) is 11.1 Å². The Morgan fingerprint density at radius 1 is 1.31 bits per heavy atom. The maximum Gasteiger partial charge on any atom is 0.232 e. The van der Waals surface area contributed by atoms with Crippen molar-refractivity contribution in [1.82, 2.24) is 4.90 Å². The molecule has 0 fully saturated rings. The normalized spacial score (nSPS) is 14.4. The van der Waals surface area contributed by atoms with E-state index in [9.17, 15) is 4.79 Å². The van der Waals surface area contributed by atoms with Crippen molar-refractivity contribution in [1.29, 1.82) is 0 Å². The van der Waals surface area contributed by atoms with Gasteiger partial charge < -0.3 is 4.90 Å². The van der Waals surface area contributed by atoms with E-state index in [4.69, 9.17) is 0 Å². The van der Waals surface area contributed by atoms with Crippen molar-refractivity contribution in [3.05, 3.63) is 35.4 Å². The number of carbonyl (C=O) groups excluding carboxylic acids is 1. The van der Waals surface area contributed by atoms with E-state index >= 15 is 0 Å². The summed E-state index contributed by atoms with van der Waals surface area (Å²) in [5.41, 5.74) is 2.52. The Morgan fingerprint density at radius 3 is 2.31 bits per heavy atom. The molecule has 3 heteroatoms. The van der Waals surface area contributed by atoms with Gasteiger partial charge in [0.05, 0.1) is 5.75 Å². The van der Waals surface area contributed by atoms with Gasteiger partial charge in [0.2, 0.25) is 5.91 Å². The van der Waals surface area contributed by atoms with Crippen LogP contribution in [0.25, 0.3) is 0 Å². The van der Waals surface area contributed by atoms with Crippen LogP contribution in [0.1, 0.15) is 11.1 Å². The number of carbonyl (C=O) groups is 1. The predicted molar refractivity (Wildman–Crippen MR) is 54.5 cm³/mol. The first kappa shape index (κ1) is 8.63. The minimum Gasteiger partial charge on any atom is -0.333 e. The molecule has 0 aliphatic carbocycles. The quantitative estimate of drug-likeness (QED) is 0.669. The fraction of sp³-hybridized carbons (Fsp3) is 0.300. The lowest BCUT2D eigenvalue weighted by Crippen LogP contribution is -2.26. The van der Waals surface area contributed by atoms with Gasteiger partial charge in [-0.05, 0) is 11.1 Å². The number of benzene rings is 1. The van der Waals surface area contributed by atoms with Gasteiger partial charge in [-0.15, -0.1) is 0 Å². The molecule has 0 atom stereocenters. The molecule has 1 amide bonds. The fourth-order valence-corrected chi connectivity index (χ4v) is 1.81. The second-order valence-corrected chi connectivity index (χ2v) is 3.49. The van der Waals surface area contributed by atoms with E-state index in [1.54, 1.807) is 0 Å². The van der Waals surface area contributed by atoms with E-state index in [0.29, 0.717) is 5.75 Å². The third-order valence-corrected chi connectivity index (χ3v) is 2.60. The van der Waals surface area contributed by atoms with Crippen molar-refractivity contribution in [2.75, 3.05) is 5.75 Å². The molecule has 2 rings (SSSR count). The lowest BCUT2D eigenvalue weighted by Gasteiger charge is -2.12. The van der Waals surface area contributed by atoms with Crippen molar-refractivity contribution >= 4 is 18.5 Å². The van der Waals surface area contributed by atoms with Gasteiger partial charge in [-0.25, -0.2) is 0 Å². The minimum absolute atomic E-state index is 0.111. The van der Waals surface area contributed by atoms with Crippen LogP contribution in [0.2, 0.25) is 0 Å². The summed E-state index contributed by atoms with van der Waals surface area (Å²) in [5.74, 6) is 0.410. The molecule has 1 aliphatic heterocycles. The van der Waals surface area contributed by atoms with Gasteiger partial charge in [0, 0.05) is 13.1 Å². The summed E-state index contributed by atoms with van der Waals surface area (Å²) in [5, 5.41) is 0. The monoisotopic (exact) mass is 193 g/mol. The van der Waals surface area contributed by atoms with Crippen LogP contribution in [0.5, 0.6) is 0 Å². The van der Waals surface area contributed by atoms with Crippen LogP contribution in [0.4, 0.5) is 0 Å². The second-order valence-electron chi connectivity index (χ2n) is 3.18. The number of amides is 1. The van der Waals surface area contributed by atoms with Crippen LogP contribution in [0, 0.1) is 0 Å². The van der Waals surface area contributed by atoms with Crippen molar-refractivity contribution in [2.45, 2.75) is 13.1 Å². The number of rotatable bonds is 1. The molecule has 1 aromatic carbocycles. The lowest BCUT2D eigenvalue weighted by atomic mass is 10.1. The van der Waals surface area contributed by atoms with Gasteiger partial charge >= 0.3 is 0 Å². The maximum atomic E-state index is 11.3. The molecule has 1 heterocycles. The van der Waals surface area contributed by atoms with Crippen LogP contribution < -0.4 is 0 Å². The van der Waals surface area contributed by atoms with Gasteiger partial charge in [0.1, 0.15) is 0 Å². The molecule has 0 N–H and O–H groups in total. The Kier molecular flexibility index (Phi) is 2.27. The number of thiol groups is 1. The molecule has 0 saturated carbocycles. The first-order chi connectivity index (χ1) is 6.31. The highest BCUT2D eigenvalue weighted by atomic mass is 32.1. The summed E-state index contributed by atoms with van der Waals surface area (Å²) >= 11 is 3.98. The average molecular weight is 193 g/mol. The topological polar surface area (TPSA) is 20.3 Å². The summed E-state index contributed by atoms with van der Waals surface area (Å²) in [6.07, 6.45) is 0. The molecule has 2 nitrogen and oxygen atoms in total. The molecule has 13 heavy (non-hydrogen) atoms. The third-order valence-electron chi connectivity index (χ3n) is 2.33. The van der Waals surface area contributed by atoms with Crippen molar-refractivity contribution in [3.8, 4) is 0 Å². The largest absolute Gasteiger partial charge is 0.333 e. The summed E-state index contributed by atoms with van der Waals surface area (Å²) in [7, 11) is 0. The molecule has 0 saturated heterocycles. The maximum absolute atomic E-state index is 11.3. The van der Waals surface area contributed by atoms with Crippen LogP contribution in [-0.2, 0) is 17.9 Å². The first-order valence-corrected chi connectivity index (χ1v) is 4.90. The van der Waals surface area contributed by atoms with Gasteiger partial charge in [-0.2, -0.15) is 12.6 Å². The zero-order valence-electron chi connectivity index (χ0n) is 7.23. The molecule has 1 aliphatic rings. The fourth-order valence-electron chi connectivity index (χ4n) is 1.61. The number of hydrogen-bond donors (Lipinski definition) is 1. The summed E-state index contributed by atoms with van der Waals surface area (Å²) in [6, 6.07) is 8.16. The lowest BCUT2D eigenvalue weighted by molar-refractivity contribution is -0.128. The molecular weight excluding hydrogens is 182 g/mol. The summed E-state index contributed by atoms with van der Waals surface area (Å²) < 4.78 is 0. The first-order valence-electron chi connectivity index (χ1n) is 4.26. The summed E-state index contributed by atoms with van der Waals surface area (Å²) in [4.78, 5) is 13.2. The van der Waals surface area contributed by atoms with Crippen LogP contribution >= 0.6 is 12.6 Å². The van der Waals surface area contributed by atoms with Gasteiger partial charge in [-0.1, -0.05) is 24.3 Å². The van der Waals surface area contributed by atoms with Crippen molar-refractivity contribution in [2.24, 2.45) is 0 Å². The van der Waals surface area contributed by atoms with Crippen molar-refractivity contribution in [3.63, 3.8) is 0 Å². The molecule has 0 spiro atoms. The van der Waals surface area contributed by atoms with E-state index in [1.807, 2.05) is 17.0 Å². The highest BCUT2D eigenvalue weighted by Crippen LogP contribution is 2.21. The Balaban J connectivity index is 2.18. The minimum atomic E-state index is 0.111. The zero-order valence-corrected chi connectivity index (χ0v) is 8.13. The van der Waals surface area contributed by atoms with Crippen LogP contribution in [0.15, 0.2) is 24.3 Å². The summed E-state index contributed by atoms with van der Waals surface area (Å²) in [6.45, 7) is 1.49. The van der Waals surface area contributed by atoms with E-state index < -0.39 is 0 Å². The number of hydrogen-bond acceptors (Lipinski definition) is 2. The average Bonchev–Trinajstić information content (AvgIpc) is 2.59. The Hall–Kier alpha value is -0.960.